The molecule has 0 spiro atoms. The molecule has 1 aromatic heterocycles. The van der Waals surface area contributed by atoms with Crippen molar-refractivity contribution in [1.29, 1.82) is 0 Å². The molecule has 6 nitrogen and oxygen atoms in total. The molecule has 0 N–H and O–H groups in total. The molecule has 1 aromatic rings. The van der Waals surface area contributed by atoms with E-state index < -0.39 is 10.0 Å². The Morgan fingerprint density at radius 1 is 1.38 bits per heavy atom. The first-order chi connectivity index (χ1) is 9.78. The normalized spacial score (nSPS) is 24.4. The maximum Gasteiger partial charge on any atom is 0.247 e. The zero-order chi connectivity index (χ0) is 15.8. The van der Waals surface area contributed by atoms with Crippen LogP contribution in [-0.2, 0) is 21.3 Å². The van der Waals surface area contributed by atoms with Gasteiger partial charge in [-0.05, 0) is 27.7 Å². The highest BCUT2D eigenvalue weighted by Gasteiger charge is 2.37. The molecule has 0 amide bonds. The molecule has 0 aliphatic carbocycles. The number of alkyl halides is 1. The summed E-state index contributed by atoms with van der Waals surface area (Å²) in [7, 11) is -3.58. The minimum Gasteiger partial charge on any atom is -0.375 e. The molecule has 2 heterocycles. The van der Waals surface area contributed by atoms with E-state index in [1.165, 1.54) is 4.31 Å². The molecular formula is C13H22ClN3O3S. The fourth-order valence-corrected chi connectivity index (χ4v) is 4.90. The van der Waals surface area contributed by atoms with E-state index in [0.29, 0.717) is 41.9 Å². The van der Waals surface area contributed by atoms with Gasteiger partial charge in [-0.2, -0.15) is 9.40 Å². The number of aryl methyl sites for hydroxylation is 2. The second-order valence-corrected chi connectivity index (χ2v) is 7.69. The van der Waals surface area contributed by atoms with Crippen molar-refractivity contribution in [1.82, 2.24) is 14.1 Å². The van der Waals surface area contributed by atoms with E-state index in [9.17, 15) is 8.42 Å². The first-order valence-corrected chi connectivity index (χ1v) is 9.00. The number of halogens is 1. The summed E-state index contributed by atoms with van der Waals surface area (Å²) in [5.41, 5.74) is 1.16. The van der Waals surface area contributed by atoms with E-state index in [2.05, 4.69) is 5.10 Å². The summed E-state index contributed by atoms with van der Waals surface area (Å²) < 4.78 is 34.7. The molecule has 120 valence electrons. The summed E-state index contributed by atoms with van der Waals surface area (Å²) in [5.74, 6) is 0.395. The van der Waals surface area contributed by atoms with Gasteiger partial charge in [0.25, 0.3) is 0 Å². The van der Waals surface area contributed by atoms with Crippen molar-refractivity contribution in [3.8, 4) is 0 Å². The van der Waals surface area contributed by atoms with Crippen molar-refractivity contribution < 1.29 is 13.2 Å². The molecule has 0 bridgehead atoms. The second kappa shape index (κ2) is 6.24. The summed E-state index contributed by atoms with van der Waals surface area (Å²) in [6, 6.07) is -0.179. The minimum absolute atomic E-state index is 0.102. The number of morpholine rings is 1. The summed E-state index contributed by atoms with van der Waals surface area (Å²) in [5, 5.41) is 4.30. The van der Waals surface area contributed by atoms with Gasteiger partial charge in [0, 0.05) is 18.5 Å². The van der Waals surface area contributed by atoms with Gasteiger partial charge < -0.3 is 4.74 Å². The monoisotopic (exact) mass is 335 g/mol. The average Bonchev–Trinajstić information content (AvgIpc) is 2.68. The standard InChI is InChI=1S/C13H22ClN3O3S/c1-9-8-20-10(2)7-17(9)21(18,19)13-11(3)15-16(6-5-14)12(13)4/h9-10H,5-8H2,1-4H3. The van der Waals surface area contributed by atoms with E-state index in [-0.39, 0.29) is 12.1 Å². The van der Waals surface area contributed by atoms with E-state index in [0.717, 1.165) is 0 Å². The van der Waals surface area contributed by atoms with Crippen LogP contribution in [0.3, 0.4) is 0 Å². The van der Waals surface area contributed by atoms with Crippen LogP contribution in [0.25, 0.3) is 0 Å². The van der Waals surface area contributed by atoms with Gasteiger partial charge in [0.2, 0.25) is 10.0 Å². The molecule has 0 saturated carbocycles. The molecule has 2 rings (SSSR count). The predicted octanol–water partition coefficient (Wildman–Crippen LogP) is 1.54. The highest BCUT2D eigenvalue weighted by atomic mass is 35.5. The van der Waals surface area contributed by atoms with Crippen molar-refractivity contribution >= 4 is 21.6 Å². The highest BCUT2D eigenvalue weighted by molar-refractivity contribution is 7.89. The number of hydrogen-bond donors (Lipinski definition) is 0. The Kier molecular flexibility index (Phi) is 4.97. The predicted molar refractivity (Wildman–Crippen MR) is 81.2 cm³/mol. The lowest BCUT2D eigenvalue weighted by atomic mass is 10.2. The van der Waals surface area contributed by atoms with Crippen LogP contribution in [0.15, 0.2) is 4.90 Å². The molecule has 1 fully saturated rings. The van der Waals surface area contributed by atoms with Crippen LogP contribution < -0.4 is 0 Å². The molecule has 1 saturated heterocycles. The third kappa shape index (κ3) is 3.11. The van der Waals surface area contributed by atoms with Crippen LogP contribution in [0.5, 0.6) is 0 Å². The van der Waals surface area contributed by atoms with Crippen molar-refractivity contribution in [3.63, 3.8) is 0 Å². The van der Waals surface area contributed by atoms with Gasteiger partial charge in [0.05, 0.1) is 30.6 Å². The van der Waals surface area contributed by atoms with Gasteiger partial charge in [-0.25, -0.2) is 8.42 Å². The maximum atomic E-state index is 13.0. The molecule has 21 heavy (non-hydrogen) atoms. The fourth-order valence-electron chi connectivity index (χ4n) is 2.68. The zero-order valence-corrected chi connectivity index (χ0v) is 14.4. The third-order valence-electron chi connectivity index (χ3n) is 3.73. The Hall–Kier alpha value is -0.630. The zero-order valence-electron chi connectivity index (χ0n) is 12.8. The lowest BCUT2D eigenvalue weighted by Gasteiger charge is -2.35. The number of aromatic nitrogens is 2. The quantitative estimate of drug-likeness (QED) is 0.783. The molecule has 2 atom stereocenters. The lowest BCUT2D eigenvalue weighted by molar-refractivity contribution is -0.0170. The Balaban J connectivity index is 2.44. The molecule has 0 radical (unpaired) electrons. The topological polar surface area (TPSA) is 64.4 Å². The molecule has 2 unspecified atom stereocenters. The first kappa shape index (κ1) is 16.7. The lowest BCUT2D eigenvalue weighted by Crippen LogP contribution is -2.50. The van der Waals surface area contributed by atoms with Gasteiger partial charge in [-0.15, -0.1) is 11.6 Å². The molecule has 1 aliphatic rings. The van der Waals surface area contributed by atoms with E-state index >= 15 is 0 Å². The largest absolute Gasteiger partial charge is 0.375 e. The van der Waals surface area contributed by atoms with Gasteiger partial charge in [-0.3, -0.25) is 4.68 Å². The smallest absolute Gasteiger partial charge is 0.247 e. The van der Waals surface area contributed by atoms with E-state index in [1.807, 2.05) is 13.8 Å². The molecule has 1 aliphatic heterocycles. The Labute approximate surface area is 131 Å². The van der Waals surface area contributed by atoms with Crippen LogP contribution in [0.4, 0.5) is 0 Å². The molecule has 0 aromatic carbocycles. The summed E-state index contributed by atoms with van der Waals surface area (Å²) in [6.07, 6.45) is -0.102. The van der Waals surface area contributed by atoms with Gasteiger partial charge in [-0.1, -0.05) is 0 Å². The number of nitrogens with zero attached hydrogens (tertiary/aromatic N) is 3. The average molecular weight is 336 g/mol. The number of hydrogen-bond acceptors (Lipinski definition) is 4. The van der Waals surface area contributed by atoms with Crippen LogP contribution >= 0.6 is 11.6 Å². The molecule has 8 heteroatoms. The maximum absolute atomic E-state index is 13.0. The fraction of sp³-hybridized carbons (Fsp3) is 0.769. The molecular weight excluding hydrogens is 314 g/mol. The van der Waals surface area contributed by atoms with Crippen molar-refractivity contribution in [2.45, 2.75) is 51.3 Å². The van der Waals surface area contributed by atoms with E-state index in [1.54, 1.807) is 18.5 Å². The Morgan fingerprint density at radius 2 is 2.05 bits per heavy atom. The third-order valence-corrected chi connectivity index (χ3v) is 6.13. The summed E-state index contributed by atoms with van der Waals surface area (Å²) >= 11 is 5.74. The summed E-state index contributed by atoms with van der Waals surface area (Å²) in [4.78, 5) is 0.300. The minimum atomic E-state index is -3.58. The highest BCUT2D eigenvalue weighted by Crippen LogP contribution is 2.27. The van der Waals surface area contributed by atoms with Crippen LogP contribution in [0.2, 0.25) is 0 Å². The van der Waals surface area contributed by atoms with Crippen molar-refractivity contribution in [2.24, 2.45) is 0 Å². The van der Waals surface area contributed by atoms with Crippen LogP contribution in [-0.4, -0.2) is 53.7 Å². The Morgan fingerprint density at radius 3 is 2.67 bits per heavy atom. The SMILES string of the molecule is Cc1nn(CCCl)c(C)c1S(=O)(=O)N1CC(C)OCC1C. The van der Waals surface area contributed by atoms with Crippen LogP contribution in [0.1, 0.15) is 25.2 Å². The van der Waals surface area contributed by atoms with Crippen molar-refractivity contribution in [3.05, 3.63) is 11.4 Å². The Bertz CT molecular complexity index is 614. The van der Waals surface area contributed by atoms with Crippen LogP contribution in [0, 0.1) is 13.8 Å². The number of ether oxygens (including phenoxy) is 1. The number of rotatable bonds is 4. The second-order valence-electron chi connectivity index (χ2n) is 5.48. The van der Waals surface area contributed by atoms with Gasteiger partial charge in [0.15, 0.2) is 0 Å². The van der Waals surface area contributed by atoms with Gasteiger partial charge in [0.1, 0.15) is 4.90 Å². The summed E-state index contributed by atoms with van der Waals surface area (Å²) in [6.45, 7) is 8.51. The van der Waals surface area contributed by atoms with Gasteiger partial charge >= 0.3 is 0 Å². The first-order valence-electron chi connectivity index (χ1n) is 7.02. The van der Waals surface area contributed by atoms with E-state index in [4.69, 9.17) is 16.3 Å². The van der Waals surface area contributed by atoms with Crippen molar-refractivity contribution in [2.75, 3.05) is 19.0 Å². The number of sulfonamides is 1.